The van der Waals surface area contributed by atoms with Crippen LogP contribution in [0.4, 0.5) is 0 Å². The van der Waals surface area contributed by atoms with Crippen LogP contribution in [-0.2, 0) is 0 Å². The van der Waals surface area contributed by atoms with E-state index in [9.17, 15) is 8.22 Å². The topological polar surface area (TPSA) is 13.1 Å². The third kappa shape index (κ3) is 4.40. The van der Waals surface area contributed by atoms with Gasteiger partial charge in [0.2, 0.25) is 0 Å². The fourth-order valence-corrected chi connectivity index (χ4v) is 6.68. The summed E-state index contributed by atoms with van der Waals surface area (Å²) in [5, 5.41) is 2.09. The molecule has 0 amide bonds. The average molecular weight is 639 g/mol. The molecule has 0 atom stereocenters. The second-order valence-corrected chi connectivity index (χ2v) is 11.5. The van der Waals surface area contributed by atoms with Gasteiger partial charge in [0.25, 0.3) is 0 Å². The van der Waals surface area contributed by atoms with Crippen LogP contribution < -0.4 is 0 Å². The highest BCUT2D eigenvalue weighted by atomic mass is 16.3. The Bertz CT molecular complexity index is 3700. The number of para-hydroxylation sites is 2. The zero-order valence-electron chi connectivity index (χ0n) is 41.5. The molecule has 228 valence electrons. The molecule has 0 fully saturated rings. The van der Waals surface area contributed by atoms with E-state index in [1.54, 1.807) is 0 Å². The van der Waals surface area contributed by atoms with Gasteiger partial charge in [0.05, 0.1) is 21.9 Å². The van der Waals surface area contributed by atoms with Gasteiger partial charge in [-0.1, -0.05) is 170 Å². The van der Waals surface area contributed by atoms with Gasteiger partial charge in [-0.25, -0.2) is 0 Å². The first kappa shape index (κ1) is 16.1. The van der Waals surface area contributed by atoms with Crippen LogP contribution in [0.25, 0.3) is 98.8 Å². The van der Waals surface area contributed by atoms with Gasteiger partial charge >= 0.3 is 0 Å². The maximum atomic E-state index is 9.72. The van der Waals surface area contributed by atoms with Crippen molar-refractivity contribution in [3.63, 3.8) is 0 Å². The quantitative estimate of drug-likeness (QED) is 0.175. The van der Waals surface area contributed by atoms with E-state index in [0.29, 0.717) is 16.3 Å². The average Bonchev–Trinajstić information content (AvgIpc) is 3.67. The van der Waals surface area contributed by atoms with Crippen molar-refractivity contribution >= 4 is 54.3 Å². The number of fused-ring (bicyclic) bond motifs is 6. The van der Waals surface area contributed by atoms with E-state index in [2.05, 4.69) is 0 Å². The molecule has 1 heteroatoms. The fourth-order valence-electron chi connectivity index (χ4n) is 6.68. The second-order valence-electron chi connectivity index (χ2n) is 11.5. The Morgan fingerprint density at radius 3 is 1.59 bits per heavy atom. The summed E-state index contributed by atoms with van der Waals surface area (Å²) in [5.74, 6) is 0. The van der Waals surface area contributed by atoms with Crippen molar-refractivity contribution in [3.8, 4) is 44.5 Å². The van der Waals surface area contributed by atoms with Crippen LogP contribution in [0.5, 0.6) is 0 Å². The summed E-state index contributed by atoms with van der Waals surface area (Å²) in [5.41, 5.74) is -0.132. The predicted octanol–water partition coefficient (Wildman–Crippen LogP) is 13.7. The lowest BCUT2D eigenvalue weighted by Gasteiger charge is -2.18. The van der Waals surface area contributed by atoms with Gasteiger partial charge in [0.15, 0.2) is 0 Å². The van der Waals surface area contributed by atoms with Crippen LogP contribution in [0.15, 0.2) is 186 Å². The van der Waals surface area contributed by atoms with Crippen molar-refractivity contribution in [1.29, 1.82) is 0 Å². The number of benzene rings is 9. The summed E-state index contributed by atoms with van der Waals surface area (Å²) < 4.78 is 150. The molecule has 10 aromatic rings. The molecule has 0 radical (unpaired) electrons. The Labute approximate surface area is 306 Å². The van der Waals surface area contributed by atoms with Crippen LogP contribution >= 0.6 is 0 Å². The normalized spacial score (nSPS) is 16.2. The van der Waals surface area contributed by atoms with Gasteiger partial charge in [0, 0.05) is 21.9 Å². The zero-order valence-corrected chi connectivity index (χ0v) is 25.5. The van der Waals surface area contributed by atoms with Crippen LogP contribution in [0.2, 0.25) is 0 Å². The second kappa shape index (κ2) is 11.1. The van der Waals surface area contributed by atoms with Crippen molar-refractivity contribution in [2.75, 3.05) is 0 Å². The number of hydrogen-bond acceptors (Lipinski definition) is 1. The van der Waals surface area contributed by atoms with Gasteiger partial charge in [0.1, 0.15) is 11.2 Å². The highest BCUT2D eigenvalue weighted by molar-refractivity contribution is 6.22. The van der Waals surface area contributed by atoms with Gasteiger partial charge < -0.3 is 4.42 Å². The Morgan fingerprint density at radius 1 is 0.347 bits per heavy atom. The first-order chi connectivity index (χ1) is 31.0. The minimum absolute atomic E-state index is 0.0177. The molecule has 49 heavy (non-hydrogen) atoms. The van der Waals surface area contributed by atoms with E-state index in [-0.39, 0.29) is 44.3 Å². The maximum Gasteiger partial charge on any atom is 0.143 e. The molecule has 0 unspecified atom stereocenters. The van der Waals surface area contributed by atoms with Crippen LogP contribution in [0, 0.1) is 0 Å². The lowest BCUT2D eigenvalue weighted by molar-refractivity contribution is 0.671. The fraction of sp³-hybridized carbons (Fsp3) is 0. The summed E-state index contributed by atoms with van der Waals surface area (Å²) in [4.78, 5) is 0. The van der Waals surface area contributed by atoms with Crippen molar-refractivity contribution in [1.82, 2.24) is 0 Å². The molecule has 0 bridgehead atoms. The molecule has 1 aromatic heterocycles. The molecule has 0 aliphatic rings. The van der Waals surface area contributed by atoms with Gasteiger partial charge in [-0.05, 0) is 77.8 Å². The summed E-state index contributed by atoms with van der Waals surface area (Å²) in [6.45, 7) is 0. The largest absolute Gasteiger partial charge is 0.455 e. The molecule has 1 nitrogen and oxygen atoms in total. The molecule has 1 heterocycles. The molecule has 0 aliphatic carbocycles. The molecule has 0 saturated heterocycles. The number of hydrogen-bond donors (Lipinski definition) is 0. The minimum atomic E-state index is -0.729. The first-order valence-electron chi connectivity index (χ1n) is 23.6. The lowest BCUT2D eigenvalue weighted by Crippen LogP contribution is -1.90. The van der Waals surface area contributed by atoms with Crippen LogP contribution in [0.3, 0.4) is 0 Å². The van der Waals surface area contributed by atoms with E-state index < -0.39 is 113 Å². The van der Waals surface area contributed by atoms with Gasteiger partial charge in [-0.2, -0.15) is 0 Å². The standard InChI is InChI=1S/C48H30O/c1-3-13-31(14-4-1)37-21-11-23-43-44-24-12-22-38(48(44)49-47(37)43)35-27-25-34-30-36(28-26-33(34)29-35)46-41-19-9-7-17-39(41)45(32-15-5-2-6-16-32)40-18-8-10-20-42(40)46/h1-30H/i1D,3D,4D,11D,12D,13D,14D,21D,22D,23D,25D,26D,27D,28D,29D,30D. The summed E-state index contributed by atoms with van der Waals surface area (Å²) in [7, 11) is 0. The monoisotopic (exact) mass is 638 g/mol. The first-order valence-corrected chi connectivity index (χ1v) is 15.6. The SMILES string of the molecule is [2H]c1cc2c(oc3c(-c4c([2H])c([2H])c([2H])c([2H])c4[2H])c([2H])c([2H])c([2H])c32)c(-c2c([2H])c([2H])c3c([2H])c(-c4c5ccccc5c(-c5ccccc5)c5ccccc45)c([2H])c([2H])c3c2[2H])c1[2H]. The Hall–Kier alpha value is -6.44. The summed E-state index contributed by atoms with van der Waals surface area (Å²) >= 11 is 0. The molecule has 0 aliphatic heterocycles. The van der Waals surface area contributed by atoms with Crippen molar-refractivity contribution < 1.29 is 26.3 Å². The van der Waals surface area contributed by atoms with Crippen molar-refractivity contribution in [2.45, 2.75) is 0 Å². The van der Waals surface area contributed by atoms with E-state index in [1.807, 2.05) is 78.9 Å². The third-order valence-corrected chi connectivity index (χ3v) is 8.81. The molecule has 0 saturated carbocycles. The number of rotatable bonds is 4. The van der Waals surface area contributed by atoms with Crippen molar-refractivity contribution in [2.24, 2.45) is 0 Å². The lowest BCUT2D eigenvalue weighted by atomic mass is 9.85. The molecular formula is C48H30O. The summed E-state index contributed by atoms with van der Waals surface area (Å²) in [6.07, 6.45) is 0. The third-order valence-electron chi connectivity index (χ3n) is 8.81. The molecule has 9 aromatic carbocycles. The van der Waals surface area contributed by atoms with E-state index >= 15 is 0 Å². The van der Waals surface area contributed by atoms with Gasteiger partial charge in [-0.3, -0.25) is 0 Å². The molecule has 0 spiro atoms. The van der Waals surface area contributed by atoms with Crippen LogP contribution in [0.1, 0.15) is 21.9 Å². The van der Waals surface area contributed by atoms with Crippen molar-refractivity contribution in [3.05, 3.63) is 182 Å². The number of furan rings is 1. The van der Waals surface area contributed by atoms with E-state index in [1.165, 1.54) is 0 Å². The highest BCUT2D eigenvalue weighted by Crippen LogP contribution is 2.45. The smallest absolute Gasteiger partial charge is 0.143 e. The van der Waals surface area contributed by atoms with E-state index in [4.69, 9.17) is 18.1 Å². The van der Waals surface area contributed by atoms with E-state index in [0.717, 1.165) is 28.0 Å². The Kier molecular flexibility index (Phi) is 3.64. The predicted molar refractivity (Wildman–Crippen MR) is 208 cm³/mol. The highest BCUT2D eigenvalue weighted by Gasteiger charge is 2.18. The zero-order chi connectivity index (χ0) is 46.2. The molecule has 10 rings (SSSR count). The Morgan fingerprint density at radius 2 is 0.898 bits per heavy atom. The van der Waals surface area contributed by atoms with Crippen LogP contribution in [-0.4, -0.2) is 0 Å². The Balaban J connectivity index is 1.31. The molecule has 0 N–H and O–H groups in total. The minimum Gasteiger partial charge on any atom is -0.455 e. The van der Waals surface area contributed by atoms with Gasteiger partial charge in [-0.15, -0.1) is 0 Å². The summed E-state index contributed by atoms with van der Waals surface area (Å²) in [6, 6.07) is 16.1. The molecular weight excluding hydrogens is 593 g/mol. The maximum absolute atomic E-state index is 9.72.